The molecule has 7 heteroatoms. The van der Waals surface area contributed by atoms with E-state index in [-0.39, 0.29) is 26.8 Å². The van der Waals surface area contributed by atoms with Crippen molar-refractivity contribution in [3.8, 4) is 0 Å². The predicted octanol–water partition coefficient (Wildman–Crippen LogP) is 4.32. The maximum atomic E-state index is 12.9. The monoisotopic (exact) mass is 463 g/mol. The highest BCUT2D eigenvalue weighted by Crippen LogP contribution is 2.65. The van der Waals surface area contributed by atoms with E-state index in [2.05, 4.69) is 21.2 Å². The smallest absolute Gasteiger partial charge is 0.337 e. The van der Waals surface area contributed by atoms with Crippen LogP contribution in [0.3, 0.4) is 0 Å². The van der Waals surface area contributed by atoms with Crippen molar-refractivity contribution < 1.29 is 23.9 Å². The van der Waals surface area contributed by atoms with E-state index in [9.17, 15) is 14.4 Å². The molecule has 6 nitrogen and oxygen atoms in total. The van der Waals surface area contributed by atoms with Gasteiger partial charge in [-0.25, -0.2) is 9.59 Å². The number of halogens is 1. The molecule has 4 fully saturated rings. The van der Waals surface area contributed by atoms with Gasteiger partial charge in [0.1, 0.15) is 0 Å². The van der Waals surface area contributed by atoms with Crippen LogP contribution in [0.5, 0.6) is 0 Å². The highest BCUT2D eigenvalue weighted by Gasteiger charge is 2.57. The van der Waals surface area contributed by atoms with E-state index in [1.54, 1.807) is 0 Å². The molecule has 0 aromatic heterocycles. The first-order valence-corrected chi connectivity index (χ1v) is 10.8. The van der Waals surface area contributed by atoms with E-state index in [0.29, 0.717) is 23.9 Å². The van der Waals surface area contributed by atoms with Crippen LogP contribution < -0.4 is 5.32 Å². The zero-order valence-electron chi connectivity index (χ0n) is 16.8. The first-order chi connectivity index (χ1) is 13.7. The molecule has 156 valence electrons. The molecule has 2 unspecified atom stereocenters. The summed E-state index contributed by atoms with van der Waals surface area (Å²) in [4.78, 5) is 36.9. The summed E-state index contributed by atoms with van der Waals surface area (Å²) >= 11 is 3.98. The molecule has 0 heterocycles. The number of carbonyl (C=O) groups excluding carboxylic acids is 3. The molecule has 29 heavy (non-hydrogen) atoms. The van der Waals surface area contributed by atoms with Crippen molar-refractivity contribution in [2.45, 2.75) is 49.3 Å². The summed E-state index contributed by atoms with van der Waals surface area (Å²) in [5.74, 6) is 0.178. The standard InChI is InChI=1S/C22H26BrNO5/c1-28-19(26)15-4-16(20(27)29-2)6-17(5-15)24-18(25)11-21-7-13-3-14(8-21)10-22(23,9-13)12-21/h4-6,13-14H,3,7-12H2,1-2H3,(H,24,25). The first kappa shape index (κ1) is 20.4. The van der Waals surface area contributed by atoms with Crippen molar-refractivity contribution in [3.63, 3.8) is 0 Å². The Morgan fingerprint density at radius 1 is 1.00 bits per heavy atom. The van der Waals surface area contributed by atoms with Gasteiger partial charge in [0.15, 0.2) is 0 Å². The lowest BCUT2D eigenvalue weighted by Gasteiger charge is -2.60. The number of alkyl halides is 1. The van der Waals surface area contributed by atoms with Crippen LogP contribution in [-0.2, 0) is 14.3 Å². The van der Waals surface area contributed by atoms with Gasteiger partial charge in [-0.1, -0.05) is 15.9 Å². The quantitative estimate of drug-likeness (QED) is 0.519. The van der Waals surface area contributed by atoms with Crippen LogP contribution in [0.25, 0.3) is 0 Å². The molecule has 0 spiro atoms. The molecular formula is C22H26BrNO5. The minimum Gasteiger partial charge on any atom is -0.465 e. The topological polar surface area (TPSA) is 81.7 Å². The maximum Gasteiger partial charge on any atom is 0.337 e. The van der Waals surface area contributed by atoms with E-state index < -0.39 is 11.9 Å². The van der Waals surface area contributed by atoms with Gasteiger partial charge >= 0.3 is 11.9 Å². The van der Waals surface area contributed by atoms with Crippen molar-refractivity contribution in [2.75, 3.05) is 19.5 Å². The normalized spacial score (nSPS) is 32.0. The van der Waals surface area contributed by atoms with E-state index in [1.807, 2.05) is 0 Å². The number of ether oxygens (including phenoxy) is 2. The molecule has 4 aliphatic carbocycles. The van der Waals surface area contributed by atoms with Gasteiger partial charge in [0.25, 0.3) is 0 Å². The second-order valence-electron chi connectivity index (χ2n) is 9.12. The van der Waals surface area contributed by atoms with E-state index in [4.69, 9.17) is 9.47 Å². The fourth-order valence-corrected chi connectivity index (χ4v) is 7.77. The van der Waals surface area contributed by atoms with E-state index >= 15 is 0 Å². The summed E-state index contributed by atoms with van der Waals surface area (Å²) in [5.41, 5.74) is 0.833. The Morgan fingerprint density at radius 3 is 2.03 bits per heavy atom. The van der Waals surface area contributed by atoms with Gasteiger partial charge in [0, 0.05) is 16.4 Å². The lowest BCUT2D eigenvalue weighted by Crippen LogP contribution is -2.53. The number of hydrogen-bond donors (Lipinski definition) is 1. The van der Waals surface area contributed by atoms with Gasteiger partial charge < -0.3 is 14.8 Å². The van der Waals surface area contributed by atoms with Gasteiger partial charge in [-0.2, -0.15) is 0 Å². The van der Waals surface area contributed by atoms with Crippen LogP contribution in [0, 0.1) is 17.3 Å². The van der Waals surface area contributed by atoms with Crippen molar-refractivity contribution in [2.24, 2.45) is 17.3 Å². The average Bonchev–Trinajstić information content (AvgIpc) is 2.63. The minimum atomic E-state index is -0.575. The first-order valence-electron chi connectivity index (χ1n) is 10.0. The number of benzene rings is 1. The van der Waals surface area contributed by atoms with Crippen LogP contribution in [0.15, 0.2) is 18.2 Å². The van der Waals surface area contributed by atoms with Crippen molar-refractivity contribution in [1.82, 2.24) is 0 Å². The van der Waals surface area contributed by atoms with Crippen LogP contribution in [0.4, 0.5) is 5.69 Å². The number of rotatable bonds is 5. The summed E-state index contributed by atoms with van der Waals surface area (Å²) in [5, 5.41) is 2.90. The Morgan fingerprint density at radius 2 is 1.55 bits per heavy atom. The highest BCUT2D eigenvalue weighted by atomic mass is 79.9. The third-order valence-electron chi connectivity index (χ3n) is 6.71. The number of nitrogens with one attached hydrogen (secondary N) is 1. The molecule has 4 saturated carbocycles. The third-order valence-corrected chi connectivity index (χ3v) is 7.63. The number of methoxy groups -OCH3 is 2. The fraction of sp³-hybridized carbons (Fsp3) is 0.591. The molecule has 0 aliphatic heterocycles. The van der Waals surface area contributed by atoms with Crippen LogP contribution in [0.2, 0.25) is 0 Å². The minimum absolute atomic E-state index is 0.0444. The maximum absolute atomic E-state index is 12.9. The zero-order valence-corrected chi connectivity index (χ0v) is 18.3. The largest absolute Gasteiger partial charge is 0.465 e. The summed E-state index contributed by atoms with van der Waals surface area (Å²) in [6, 6.07) is 4.46. The van der Waals surface area contributed by atoms with Crippen molar-refractivity contribution in [1.29, 1.82) is 0 Å². The lowest BCUT2D eigenvalue weighted by atomic mass is 9.48. The molecule has 5 rings (SSSR count). The van der Waals surface area contributed by atoms with Crippen LogP contribution in [0.1, 0.15) is 65.7 Å². The summed E-state index contributed by atoms with van der Waals surface area (Å²) in [6.45, 7) is 0. The molecule has 1 amide bonds. The molecule has 1 N–H and O–H groups in total. The average molecular weight is 464 g/mol. The Bertz CT molecular complexity index is 819. The number of hydrogen-bond acceptors (Lipinski definition) is 5. The molecular weight excluding hydrogens is 438 g/mol. The molecule has 0 saturated heterocycles. The van der Waals surface area contributed by atoms with E-state index in [0.717, 1.165) is 19.3 Å². The lowest BCUT2D eigenvalue weighted by molar-refractivity contribution is -0.123. The van der Waals surface area contributed by atoms with Gasteiger partial charge in [-0.05, 0) is 74.0 Å². The Kier molecular flexibility index (Phi) is 5.21. The number of carbonyl (C=O) groups is 3. The summed E-state index contributed by atoms with van der Waals surface area (Å²) < 4.78 is 9.71. The number of amides is 1. The molecule has 4 aliphatic rings. The Balaban J connectivity index is 1.52. The molecule has 2 atom stereocenters. The molecule has 0 radical (unpaired) electrons. The van der Waals surface area contributed by atoms with Gasteiger partial charge in [-0.15, -0.1) is 0 Å². The second kappa shape index (κ2) is 7.42. The van der Waals surface area contributed by atoms with Gasteiger partial charge in [0.05, 0.1) is 25.3 Å². The van der Waals surface area contributed by atoms with E-state index in [1.165, 1.54) is 51.7 Å². The van der Waals surface area contributed by atoms with Crippen molar-refractivity contribution >= 4 is 39.5 Å². The van der Waals surface area contributed by atoms with Gasteiger partial charge in [0.2, 0.25) is 5.91 Å². The number of anilines is 1. The molecule has 1 aromatic carbocycles. The second-order valence-corrected chi connectivity index (χ2v) is 10.8. The Labute approximate surface area is 178 Å². The summed E-state index contributed by atoms with van der Waals surface area (Å²) in [6.07, 6.45) is 7.45. The Hall–Kier alpha value is -1.89. The molecule has 4 bridgehead atoms. The van der Waals surface area contributed by atoms with Crippen molar-refractivity contribution in [3.05, 3.63) is 29.3 Å². The third kappa shape index (κ3) is 4.06. The SMILES string of the molecule is COC(=O)c1cc(NC(=O)CC23CC4CC(CC(Br)(C4)C2)C3)cc(C(=O)OC)c1. The van der Waals surface area contributed by atoms with Gasteiger partial charge in [-0.3, -0.25) is 4.79 Å². The molecule has 1 aromatic rings. The fourth-order valence-electron chi connectivity index (χ4n) is 6.26. The number of esters is 2. The highest BCUT2D eigenvalue weighted by molar-refractivity contribution is 9.10. The van der Waals surface area contributed by atoms with Crippen LogP contribution in [-0.4, -0.2) is 36.4 Å². The zero-order chi connectivity index (χ0) is 20.8. The predicted molar refractivity (Wildman–Crippen MR) is 111 cm³/mol. The van der Waals surface area contributed by atoms with Crippen LogP contribution >= 0.6 is 15.9 Å². The summed E-state index contributed by atoms with van der Waals surface area (Å²) in [7, 11) is 2.54.